The van der Waals surface area contributed by atoms with E-state index in [9.17, 15) is 0 Å². The van der Waals surface area contributed by atoms with Crippen LogP contribution >= 0.6 is 0 Å². The molecule has 1 saturated carbocycles. The second-order valence-electron chi connectivity index (χ2n) is 6.90. The summed E-state index contributed by atoms with van der Waals surface area (Å²) in [5, 5.41) is 0. The molecule has 1 nitrogen and oxygen atoms in total. The Kier molecular flexibility index (Phi) is 4.64. The van der Waals surface area contributed by atoms with Crippen molar-refractivity contribution >= 4 is 0 Å². The van der Waals surface area contributed by atoms with Crippen molar-refractivity contribution in [2.75, 3.05) is 0 Å². The second kappa shape index (κ2) is 5.34. The average molecular weight is 211 g/mol. The van der Waals surface area contributed by atoms with Crippen molar-refractivity contribution in [1.29, 1.82) is 0 Å². The van der Waals surface area contributed by atoms with Crippen molar-refractivity contribution < 1.29 is 0 Å². The third kappa shape index (κ3) is 5.55. The first-order chi connectivity index (χ1) is 6.87. The lowest BCUT2D eigenvalue weighted by Gasteiger charge is -2.30. The van der Waals surface area contributed by atoms with Crippen molar-refractivity contribution in [2.24, 2.45) is 23.0 Å². The van der Waals surface area contributed by atoms with Gasteiger partial charge in [0.15, 0.2) is 0 Å². The van der Waals surface area contributed by atoms with Gasteiger partial charge in [-0.3, -0.25) is 0 Å². The molecule has 0 amide bonds. The highest BCUT2D eigenvalue weighted by atomic mass is 14.6. The molecule has 0 bridgehead atoms. The standard InChI is InChI=1S/C14H29N/c1-11(10-14(2,3)4)8-13(15)9-12-6-5-7-12/h11-13H,5-10,15H2,1-4H3. The summed E-state index contributed by atoms with van der Waals surface area (Å²) in [6, 6.07) is 0.452. The molecule has 90 valence electrons. The molecule has 0 radical (unpaired) electrons. The van der Waals surface area contributed by atoms with E-state index in [1.54, 1.807) is 0 Å². The van der Waals surface area contributed by atoms with E-state index >= 15 is 0 Å². The van der Waals surface area contributed by atoms with E-state index in [-0.39, 0.29) is 0 Å². The van der Waals surface area contributed by atoms with Gasteiger partial charge in [0.2, 0.25) is 0 Å². The molecule has 0 aromatic carbocycles. The van der Waals surface area contributed by atoms with Gasteiger partial charge in [-0.2, -0.15) is 0 Å². The van der Waals surface area contributed by atoms with Crippen LogP contribution in [0.4, 0.5) is 0 Å². The molecular formula is C14H29N. The van der Waals surface area contributed by atoms with Crippen molar-refractivity contribution in [3.63, 3.8) is 0 Å². The molecule has 0 spiro atoms. The first-order valence-electron chi connectivity index (χ1n) is 6.62. The van der Waals surface area contributed by atoms with Gasteiger partial charge in [-0.25, -0.2) is 0 Å². The van der Waals surface area contributed by atoms with E-state index in [0.717, 1.165) is 11.8 Å². The highest BCUT2D eigenvalue weighted by molar-refractivity contribution is 4.77. The second-order valence-corrected chi connectivity index (χ2v) is 6.90. The third-order valence-corrected chi connectivity index (χ3v) is 3.53. The molecular weight excluding hydrogens is 182 g/mol. The van der Waals surface area contributed by atoms with E-state index in [1.165, 1.54) is 38.5 Å². The van der Waals surface area contributed by atoms with Crippen molar-refractivity contribution in [3.8, 4) is 0 Å². The number of nitrogens with two attached hydrogens (primary N) is 1. The predicted molar refractivity (Wildman–Crippen MR) is 67.8 cm³/mol. The van der Waals surface area contributed by atoms with Crippen LogP contribution < -0.4 is 5.73 Å². The van der Waals surface area contributed by atoms with Gasteiger partial charge in [0, 0.05) is 6.04 Å². The van der Waals surface area contributed by atoms with Crippen molar-refractivity contribution in [3.05, 3.63) is 0 Å². The quantitative estimate of drug-likeness (QED) is 0.731. The molecule has 1 heteroatoms. The van der Waals surface area contributed by atoms with Crippen LogP contribution in [0.3, 0.4) is 0 Å². The molecule has 1 fully saturated rings. The Hall–Kier alpha value is -0.0400. The Morgan fingerprint density at radius 1 is 1.27 bits per heavy atom. The van der Waals surface area contributed by atoms with E-state index in [4.69, 9.17) is 5.73 Å². The van der Waals surface area contributed by atoms with Crippen LogP contribution in [-0.4, -0.2) is 6.04 Å². The Morgan fingerprint density at radius 2 is 1.87 bits per heavy atom. The lowest BCUT2D eigenvalue weighted by atomic mass is 9.78. The van der Waals surface area contributed by atoms with Gasteiger partial charge in [-0.05, 0) is 36.5 Å². The Morgan fingerprint density at radius 3 is 2.27 bits per heavy atom. The first-order valence-corrected chi connectivity index (χ1v) is 6.62. The lowest BCUT2D eigenvalue weighted by molar-refractivity contribution is 0.240. The molecule has 2 atom stereocenters. The molecule has 0 aromatic rings. The van der Waals surface area contributed by atoms with E-state index in [0.29, 0.717) is 11.5 Å². The van der Waals surface area contributed by atoms with Gasteiger partial charge >= 0.3 is 0 Å². The zero-order chi connectivity index (χ0) is 11.5. The molecule has 2 unspecified atom stereocenters. The number of hydrogen-bond acceptors (Lipinski definition) is 1. The van der Waals surface area contributed by atoms with Crippen LogP contribution in [0.5, 0.6) is 0 Å². The Bertz CT molecular complexity index is 176. The highest BCUT2D eigenvalue weighted by Gasteiger charge is 2.22. The smallest absolute Gasteiger partial charge is 0.00440 e. The highest BCUT2D eigenvalue weighted by Crippen LogP contribution is 2.32. The summed E-state index contributed by atoms with van der Waals surface area (Å²) in [5.41, 5.74) is 6.66. The Balaban J connectivity index is 2.15. The molecule has 15 heavy (non-hydrogen) atoms. The maximum atomic E-state index is 6.20. The fourth-order valence-electron chi connectivity index (χ4n) is 2.90. The minimum Gasteiger partial charge on any atom is -0.328 e. The summed E-state index contributed by atoms with van der Waals surface area (Å²) < 4.78 is 0. The summed E-state index contributed by atoms with van der Waals surface area (Å²) in [4.78, 5) is 0. The maximum absolute atomic E-state index is 6.20. The largest absolute Gasteiger partial charge is 0.328 e. The zero-order valence-electron chi connectivity index (χ0n) is 11.1. The topological polar surface area (TPSA) is 26.0 Å². The van der Waals surface area contributed by atoms with Crippen molar-refractivity contribution in [1.82, 2.24) is 0 Å². The van der Waals surface area contributed by atoms with E-state index in [1.807, 2.05) is 0 Å². The molecule has 1 aliphatic carbocycles. The van der Waals surface area contributed by atoms with Gasteiger partial charge in [0.1, 0.15) is 0 Å². The van der Waals surface area contributed by atoms with Crippen LogP contribution in [0.15, 0.2) is 0 Å². The van der Waals surface area contributed by atoms with Gasteiger partial charge in [0.25, 0.3) is 0 Å². The summed E-state index contributed by atoms with van der Waals surface area (Å²) in [5.74, 6) is 1.74. The zero-order valence-corrected chi connectivity index (χ0v) is 11.1. The minimum absolute atomic E-state index is 0.452. The SMILES string of the molecule is CC(CC(N)CC1CCC1)CC(C)(C)C. The molecule has 0 aromatic heterocycles. The van der Waals surface area contributed by atoms with Gasteiger partial charge in [0.05, 0.1) is 0 Å². The monoisotopic (exact) mass is 211 g/mol. The normalized spacial score (nSPS) is 22.2. The molecule has 0 saturated heterocycles. The van der Waals surface area contributed by atoms with Gasteiger partial charge in [-0.15, -0.1) is 0 Å². The summed E-state index contributed by atoms with van der Waals surface area (Å²) >= 11 is 0. The third-order valence-electron chi connectivity index (χ3n) is 3.53. The Labute approximate surface area is 95.8 Å². The summed E-state index contributed by atoms with van der Waals surface area (Å²) in [6.45, 7) is 9.31. The van der Waals surface area contributed by atoms with Gasteiger partial charge in [-0.1, -0.05) is 47.0 Å². The van der Waals surface area contributed by atoms with Crippen LogP contribution in [0.1, 0.15) is 66.2 Å². The molecule has 1 rings (SSSR count). The number of rotatable bonds is 5. The fraction of sp³-hybridized carbons (Fsp3) is 1.00. The van der Waals surface area contributed by atoms with Crippen molar-refractivity contribution in [2.45, 2.75) is 72.3 Å². The van der Waals surface area contributed by atoms with E-state index < -0.39 is 0 Å². The molecule has 1 aliphatic rings. The predicted octanol–water partition coefficient (Wildman–Crippen LogP) is 3.97. The summed E-state index contributed by atoms with van der Waals surface area (Å²) in [7, 11) is 0. The van der Waals surface area contributed by atoms with Crippen LogP contribution in [0.25, 0.3) is 0 Å². The van der Waals surface area contributed by atoms with Crippen LogP contribution in [0.2, 0.25) is 0 Å². The molecule has 0 heterocycles. The first kappa shape index (κ1) is 13.0. The average Bonchev–Trinajstić information content (AvgIpc) is 1.92. The lowest BCUT2D eigenvalue weighted by Crippen LogP contribution is -2.29. The van der Waals surface area contributed by atoms with Crippen LogP contribution in [0, 0.1) is 17.3 Å². The minimum atomic E-state index is 0.452. The molecule has 0 aliphatic heterocycles. The number of hydrogen-bond donors (Lipinski definition) is 1. The van der Waals surface area contributed by atoms with E-state index in [2.05, 4.69) is 27.7 Å². The fourth-order valence-corrected chi connectivity index (χ4v) is 2.90. The summed E-state index contributed by atoms with van der Waals surface area (Å²) in [6.07, 6.45) is 8.09. The van der Waals surface area contributed by atoms with Gasteiger partial charge < -0.3 is 5.73 Å². The molecule has 2 N–H and O–H groups in total. The maximum Gasteiger partial charge on any atom is 0.00440 e. The van der Waals surface area contributed by atoms with Crippen LogP contribution in [-0.2, 0) is 0 Å².